The molecule has 2 bridgehead atoms. The Balaban J connectivity index is 1.70. The average molecular weight is 304 g/mol. The minimum absolute atomic E-state index is 0.549. The first-order valence-electron chi connectivity index (χ1n) is 8.09. The van der Waals surface area contributed by atoms with Gasteiger partial charge in [-0.15, -0.1) is 0 Å². The molecular formula is C19H19F3. The number of hydrogen-bond acceptors (Lipinski definition) is 0. The van der Waals surface area contributed by atoms with Crippen LogP contribution in [0.25, 0.3) is 5.57 Å². The van der Waals surface area contributed by atoms with Gasteiger partial charge >= 0.3 is 6.18 Å². The van der Waals surface area contributed by atoms with Crippen molar-refractivity contribution in [2.45, 2.75) is 32.4 Å². The summed E-state index contributed by atoms with van der Waals surface area (Å²) in [7, 11) is 0. The van der Waals surface area contributed by atoms with Gasteiger partial charge in [0.25, 0.3) is 0 Å². The lowest BCUT2D eigenvalue weighted by Gasteiger charge is -2.44. The van der Waals surface area contributed by atoms with Gasteiger partial charge in [-0.05, 0) is 59.8 Å². The van der Waals surface area contributed by atoms with Crippen LogP contribution in [-0.2, 0) is 6.18 Å². The molecule has 0 nitrogen and oxygen atoms in total. The fraction of sp³-hybridized carbons (Fsp3) is 0.474. The second kappa shape index (κ2) is 4.74. The number of allylic oxidation sites excluding steroid dienone is 4. The molecule has 0 aromatic heterocycles. The van der Waals surface area contributed by atoms with Gasteiger partial charge in [-0.25, -0.2) is 0 Å². The monoisotopic (exact) mass is 304 g/mol. The van der Waals surface area contributed by atoms with Gasteiger partial charge in [-0.2, -0.15) is 13.2 Å². The maximum absolute atomic E-state index is 12.7. The van der Waals surface area contributed by atoms with Crippen LogP contribution in [0.3, 0.4) is 0 Å². The number of halogens is 3. The van der Waals surface area contributed by atoms with E-state index in [1.165, 1.54) is 29.7 Å². The van der Waals surface area contributed by atoms with Crippen LogP contribution in [0.1, 0.15) is 37.3 Å². The van der Waals surface area contributed by atoms with Crippen molar-refractivity contribution in [3.63, 3.8) is 0 Å². The van der Waals surface area contributed by atoms with E-state index >= 15 is 0 Å². The number of fused-ring (bicyclic) bond motifs is 5. The van der Waals surface area contributed by atoms with Gasteiger partial charge in [0, 0.05) is 0 Å². The largest absolute Gasteiger partial charge is 0.416 e. The molecule has 1 aromatic carbocycles. The molecule has 3 aliphatic rings. The molecule has 1 saturated carbocycles. The van der Waals surface area contributed by atoms with Crippen LogP contribution in [0, 0.1) is 23.7 Å². The van der Waals surface area contributed by atoms with E-state index in [0.29, 0.717) is 23.7 Å². The first-order valence-corrected chi connectivity index (χ1v) is 8.09. The summed E-state index contributed by atoms with van der Waals surface area (Å²) in [5.74, 6) is 2.49. The molecular weight excluding hydrogens is 285 g/mol. The van der Waals surface area contributed by atoms with Crippen molar-refractivity contribution < 1.29 is 13.2 Å². The van der Waals surface area contributed by atoms with Crippen molar-refractivity contribution >= 4 is 5.57 Å². The lowest BCUT2D eigenvalue weighted by Crippen LogP contribution is -2.33. The second-order valence-corrected chi connectivity index (χ2v) is 6.76. The zero-order valence-electron chi connectivity index (χ0n) is 12.5. The summed E-state index contributed by atoms with van der Waals surface area (Å²) in [6.07, 6.45) is 3.82. The molecule has 116 valence electrons. The van der Waals surface area contributed by atoms with Crippen LogP contribution >= 0.6 is 0 Å². The van der Waals surface area contributed by atoms with Crippen molar-refractivity contribution in [1.29, 1.82) is 0 Å². The van der Waals surface area contributed by atoms with Gasteiger partial charge in [0.2, 0.25) is 0 Å². The molecule has 4 unspecified atom stereocenters. The molecule has 0 amide bonds. The highest BCUT2D eigenvalue weighted by Gasteiger charge is 2.54. The molecule has 22 heavy (non-hydrogen) atoms. The van der Waals surface area contributed by atoms with Gasteiger partial charge in [-0.3, -0.25) is 0 Å². The second-order valence-electron chi connectivity index (χ2n) is 6.76. The van der Waals surface area contributed by atoms with Crippen LogP contribution in [0.5, 0.6) is 0 Å². The molecule has 0 heterocycles. The molecule has 1 aromatic rings. The Hall–Kier alpha value is -1.51. The lowest BCUT2D eigenvalue weighted by atomic mass is 9.60. The smallest absolute Gasteiger partial charge is 0.166 e. The predicted molar refractivity (Wildman–Crippen MR) is 81.0 cm³/mol. The molecule has 0 saturated heterocycles. The Morgan fingerprint density at radius 1 is 1.00 bits per heavy atom. The van der Waals surface area contributed by atoms with Crippen LogP contribution < -0.4 is 0 Å². The molecule has 0 N–H and O–H groups in total. The van der Waals surface area contributed by atoms with Crippen molar-refractivity contribution in [3.05, 3.63) is 53.1 Å². The minimum atomic E-state index is -4.25. The highest BCUT2D eigenvalue weighted by Crippen LogP contribution is 2.64. The third-order valence-electron chi connectivity index (χ3n) is 5.58. The number of hydrogen-bond donors (Lipinski definition) is 0. The predicted octanol–water partition coefficient (Wildman–Crippen LogP) is 5.71. The normalized spacial score (nSPS) is 32.4. The van der Waals surface area contributed by atoms with Crippen LogP contribution in [0.15, 0.2) is 42.0 Å². The molecule has 3 aliphatic carbocycles. The van der Waals surface area contributed by atoms with E-state index in [2.05, 4.69) is 19.1 Å². The molecule has 4 atom stereocenters. The van der Waals surface area contributed by atoms with Crippen LogP contribution in [-0.4, -0.2) is 0 Å². The minimum Gasteiger partial charge on any atom is -0.166 e. The molecule has 0 aliphatic heterocycles. The van der Waals surface area contributed by atoms with E-state index in [1.54, 1.807) is 12.1 Å². The Kier molecular flexibility index (Phi) is 3.04. The Bertz CT molecular complexity index is 648. The molecule has 0 spiro atoms. The zero-order valence-corrected chi connectivity index (χ0v) is 12.5. The standard InChI is InChI=1S/C19H19F3/c1-2-3-15-16(18-13-5-4-12(10-13)17(15)18)11-6-8-14(9-7-11)19(20,21)22/h4-9,12-13,17-18H,2-3,10H2,1H3. The number of rotatable bonds is 3. The first-order chi connectivity index (χ1) is 10.5. The summed E-state index contributed by atoms with van der Waals surface area (Å²) in [4.78, 5) is 0. The molecule has 0 radical (unpaired) electrons. The third kappa shape index (κ3) is 1.90. The van der Waals surface area contributed by atoms with Crippen molar-refractivity contribution in [3.8, 4) is 0 Å². The van der Waals surface area contributed by atoms with Gasteiger partial charge in [0.15, 0.2) is 0 Å². The maximum atomic E-state index is 12.7. The van der Waals surface area contributed by atoms with Crippen LogP contribution in [0.4, 0.5) is 13.2 Å². The van der Waals surface area contributed by atoms with Crippen molar-refractivity contribution in [2.24, 2.45) is 23.7 Å². The van der Waals surface area contributed by atoms with Crippen molar-refractivity contribution in [1.82, 2.24) is 0 Å². The lowest BCUT2D eigenvalue weighted by molar-refractivity contribution is -0.137. The summed E-state index contributed by atoms with van der Waals surface area (Å²) in [5, 5.41) is 0. The van der Waals surface area contributed by atoms with Gasteiger partial charge in [-0.1, -0.05) is 43.2 Å². The fourth-order valence-electron chi connectivity index (χ4n) is 4.78. The third-order valence-corrected chi connectivity index (χ3v) is 5.58. The Morgan fingerprint density at radius 2 is 1.64 bits per heavy atom. The summed E-state index contributed by atoms with van der Waals surface area (Å²) in [6, 6.07) is 5.78. The number of alkyl halides is 3. The van der Waals surface area contributed by atoms with Crippen LogP contribution in [0.2, 0.25) is 0 Å². The van der Waals surface area contributed by atoms with E-state index in [1.807, 2.05) is 0 Å². The SMILES string of the molecule is CCCC1=C(c2ccc(C(F)(F)F)cc2)C2C3C=CC(C3)C12. The fourth-order valence-corrected chi connectivity index (χ4v) is 4.78. The van der Waals surface area contributed by atoms with Gasteiger partial charge < -0.3 is 0 Å². The summed E-state index contributed by atoms with van der Waals surface area (Å²) >= 11 is 0. The van der Waals surface area contributed by atoms with E-state index in [0.717, 1.165) is 18.4 Å². The first kappa shape index (κ1) is 14.1. The topological polar surface area (TPSA) is 0 Å². The van der Waals surface area contributed by atoms with E-state index in [-0.39, 0.29) is 0 Å². The quantitative estimate of drug-likeness (QED) is 0.627. The zero-order chi connectivity index (χ0) is 15.5. The molecule has 3 heteroatoms. The summed E-state index contributed by atoms with van der Waals surface area (Å²) < 4.78 is 38.2. The Morgan fingerprint density at radius 3 is 2.23 bits per heavy atom. The maximum Gasteiger partial charge on any atom is 0.416 e. The van der Waals surface area contributed by atoms with Gasteiger partial charge in [0.05, 0.1) is 5.56 Å². The summed E-state index contributed by atoms with van der Waals surface area (Å²) in [5.41, 5.74) is 3.29. The average Bonchev–Trinajstić information content (AvgIpc) is 3.02. The van der Waals surface area contributed by atoms with E-state index in [4.69, 9.17) is 0 Å². The molecule has 4 rings (SSSR count). The molecule has 1 fully saturated rings. The number of benzene rings is 1. The van der Waals surface area contributed by atoms with Crippen molar-refractivity contribution in [2.75, 3.05) is 0 Å². The highest BCUT2D eigenvalue weighted by atomic mass is 19.4. The van der Waals surface area contributed by atoms with E-state index < -0.39 is 11.7 Å². The van der Waals surface area contributed by atoms with Gasteiger partial charge in [0.1, 0.15) is 0 Å². The summed E-state index contributed by atoms with van der Waals surface area (Å²) in [6.45, 7) is 2.17. The van der Waals surface area contributed by atoms with E-state index in [9.17, 15) is 13.2 Å². The Labute approximate surface area is 128 Å². The highest BCUT2D eigenvalue weighted by molar-refractivity contribution is 5.79.